The molecule has 0 amide bonds. The highest BCUT2D eigenvalue weighted by atomic mass is 16.5. The van der Waals surface area contributed by atoms with E-state index in [-0.39, 0.29) is 0 Å². The van der Waals surface area contributed by atoms with Gasteiger partial charge in [0.1, 0.15) is 5.75 Å². The van der Waals surface area contributed by atoms with E-state index in [2.05, 4.69) is 15.0 Å². The molecule has 5 heteroatoms. The van der Waals surface area contributed by atoms with Crippen LogP contribution in [0.4, 0.5) is 0 Å². The summed E-state index contributed by atoms with van der Waals surface area (Å²) >= 11 is 0. The van der Waals surface area contributed by atoms with Gasteiger partial charge in [0, 0.05) is 23.8 Å². The van der Waals surface area contributed by atoms with Gasteiger partial charge in [-0.2, -0.15) is 4.98 Å². The summed E-state index contributed by atoms with van der Waals surface area (Å²) in [6, 6.07) is 11.7. The molecule has 3 aromatic rings. The molecule has 0 unspecified atom stereocenters. The molecular formula is C15H14N4O. The van der Waals surface area contributed by atoms with Crippen molar-refractivity contribution in [3.8, 4) is 11.8 Å². The largest absolute Gasteiger partial charge is 0.424 e. The summed E-state index contributed by atoms with van der Waals surface area (Å²) in [5.74, 6) is 0.684. The average molecular weight is 266 g/mol. The van der Waals surface area contributed by atoms with Gasteiger partial charge in [-0.3, -0.25) is 4.98 Å². The lowest BCUT2D eigenvalue weighted by atomic mass is 10.2. The molecule has 0 radical (unpaired) electrons. The average Bonchev–Trinajstić information content (AvgIpc) is 2.47. The summed E-state index contributed by atoms with van der Waals surface area (Å²) in [6.45, 7) is 2.25. The van der Waals surface area contributed by atoms with Crippen LogP contribution < -0.4 is 10.5 Å². The van der Waals surface area contributed by atoms with Crippen LogP contribution in [0.1, 0.15) is 11.4 Å². The van der Waals surface area contributed by atoms with Crippen LogP contribution in [0.5, 0.6) is 11.8 Å². The van der Waals surface area contributed by atoms with Crippen LogP contribution >= 0.6 is 0 Å². The van der Waals surface area contributed by atoms with Gasteiger partial charge < -0.3 is 10.5 Å². The van der Waals surface area contributed by atoms with Gasteiger partial charge in [0.25, 0.3) is 0 Å². The molecule has 2 aromatic heterocycles. The minimum absolute atomic E-state index is 0.307. The summed E-state index contributed by atoms with van der Waals surface area (Å²) in [4.78, 5) is 12.8. The lowest BCUT2D eigenvalue weighted by molar-refractivity contribution is 0.442. The van der Waals surface area contributed by atoms with Crippen LogP contribution in [0.3, 0.4) is 0 Å². The maximum atomic E-state index is 5.80. The first-order chi connectivity index (χ1) is 9.76. The molecule has 0 aliphatic carbocycles. The van der Waals surface area contributed by atoms with Crippen molar-refractivity contribution in [3.63, 3.8) is 0 Å². The summed E-state index contributed by atoms with van der Waals surface area (Å²) in [7, 11) is 0. The van der Waals surface area contributed by atoms with Crippen molar-refractivity contribution in [3.05, 3.63) is 54.0 Å². The van der Waals surface area contributed by atoms with Gasteiger partial charge in [0.15, 0.2) is 0 Å². The molecule has 0 saturated carbocycles. The summed E-state index contributed by atoms with van der Waals surface area (Å²) < 4.78 is 5.80. The molecular weight excluding hydrogens is 252 g/mol. The van der Waals surface area contributed by atoms with Crippen molar-refractivity contribution in [2.75, 3.05) is 0 Å². The lowest BCUT2D eigenvalue weighted by Gasteiger charge is -2.08. The zero-order valence-corrected chi connectivity index (χ0v) is 11.1. The second-order valence-corrected chi connectivity index (χ2v) is 4.42. The van der Waals surface area contributed by atoms with Crippen LogP contribution in [0.15, 0.2) is 42.6 Å². The molecule has 2 N–H and O–H groups in total. The maximum Gasteiger partial charge on any atom is 0.322 e. The molecule has 5 nitrogen and oxygen atoms in total. The Morgan fingerprint density at radius 3 is 2.90 bits per heavy atom. The Hall–Kier alpha value is -2.53. The topological polar surface area (TPSA) is 73.9 Å². The third-order valence-corrected chi connectivity index (χ3v) is 2.90. The minimum Gasteiger partial charge on any atom is -0.424 e. The van der Waals surface area contributed by atoms with Crippen molar-refractivity contribution in [2.24, 2.45) is 5.73 Å². The molecule has 100 valence electrons. The third kappa shape index (κ3) is 2.44. The van der Waals surface area contributed by atoms with E-state index in [1.165, 1.54) is 0 Å². The fraction of sp³-hybridized carbons (Fsp3) is 0.133. The van der Waals surface area contributed by atoms with Crippen LogP contribution in [0, 0.1) is 6.92 Å². The van der Waals surface area contributed by atoms with E-state index in [1.54, 1.807) is 6.20 Å². The Labute approximate surface area is 116 Å². The number of hydrogen-bond acceptors (Lipinski definition) is 5. The van der Waals surface area contributed by atoms with Crippen molar-refractivity contribution < 1.29 is 4.74 Å². The number of nitrogens with two attached hydrogens (primary N) is 1. The normalized spacial score (nSPS) is 10.7. The lowest BCUT2D eigenvalue weighted by Crippen LogP contribution is -2.03. The zero-order chi connectivity index (χ0) is 13.9. The van der Waals surface area contributed by atoms with Crippen molar-refractivity contribution in [1.82, 2.24) is 15.0 Å². The maximum absolute atomic E-state index is 5.80. The molecule has 2 heterocycles. The predicted molar refractivity (Wildman–Crippen MR) is 76.5 cm³/mol. The van der Waals surface area contributed by atoms with Crippen LogP contribution in [0.25, 0.3) is 10.9 Å². The molecule has 20 heavy (non-hydrogen) atoms. The second kappa shape index (κ2) is 5.22. The van der Waals surface area contributed by atoms with E-state index in [1.807, 2.05) is 43.3 Å². The van der Waals surface area contributed by atoms with Gasteiger partial charge in [-0.1, -0.05) is 6.07 Å². The van der Waals surface area contributed by atoms with Crippen LogP contribution in [0.2, 0.25) is 0 Å². The van der Waals surface area contributed by atoms with Gasteiger partial charge in [-0.25, -0.2) is 4.98 Å². The van der Waals surface area contributed by atoms with Gasteiger partial charge in [-0.15, -0.1) is 0 Å². The van der Waals surface area contributed by atoms with Crippen molar-refractivity contribution >= 4 is 10.9 Å². The summed E-state index contributed by atoms with van der Waals surface area (Å²) in [6.07, 6.45) is 1.75. The molecule has 1 aromatic carbocycles. The smallest absolute Gasteiger partial charge is 0.322 e. The number of pyridine rings is 1. The van der Waals surface area contributed by atoms with Crippen LogP contribution in [-0.4, -0.2) is 15.0 Å². The van der Waals surface area contributed by atoms with Gasteiger partial charge in [-0.05, 0) is 37.3 Å². The number of rotatable bonds is 3. The Morgan fingerprint density at radius 1 is 1.15 bits per heavy atom. The van der Waals surface area contributed by atoms with E-state index >= 15 is 0 Å². The number of aromatic nitrogens is 3. The van der Waals surface area contributed by atoms with E-state index in [4.69, 9.17) is 10.5 Å². The first kappa shape index (κ1) is 12.5. The van der Waals surface area contributed by atoms with E-state index in [0.717, 1.165) is 22.3 Å². The Bertz CT molecular complexity index is 752. The molecule has 0 bridgehead atoms. The van der Waals surface area contributed by atoms with E-state index in [9.17, 15) is 0 Å². The summed E-state index contributed by atoms with van der Waals surface area (Å²) in [5.41, 5.74) is 8.07. The zero-order valence-electron chi connectivity index (χ0n) is 11.1. The fourth-order valence-corrected chi connectivity index (χ4v) is 2.02. The number of fused-ring (bicyclic) bond motifs is 1. The predicted octanol–water partition coefficient (Wildman–Crippen LogP) is 2.58. The second-order valence-electron chi connectivity index (χ2n) is 4.42. The first-order valence-electron chi connectivity index (χ1n) is 6.32. The van der Waals surface area contributed by atoms with Crippen LogP contribution in [-0.2, 0) is 6.54 Å². The standard InChI is InChI=1S/C15H14N4O/c1-10-8-11(9-16)19-15(18-10)20-14-6-2-5-13-12(14)4-3-7-17-13/h2-8H,9,16H2,1H3. The SMILES string of the molecule is Cc1cc(CN)nc(Oc2cccc3ncccc23)n1. The Balaban J connectivity index is 2.03. The molecule has 0 aliphatic rings. The number of benzene rings is 1. The first-order valence-corrected chi connectivity index (χ1v) is 6.32. The van der Waals surface area contributed by atoms with E-state index in [0.29, 0.717) is 18.3 Å². The Morgan fingerprint density at radius 2 is 2.05 bits per heavy atom. The molecule has 0 atom stereocenters. The Kier molecular flexibility index (Phi) is 3.26. The molecule has 3 rings (SSSR count). The fourth-order valence-electron chi connectivity index (χ4n) is 2.02. The highest BCUT2D eigenvalue weighted by Gasteiger charge is 2.07. The highest BCUT2D eigenvalue weighted by molar-refractivity contribution is 5.84. The molecule has 0 saturated heterocycles. The van der Waals surface area contributed by atoms with Gasteiger partial charge in [0.2, 0.25) is 0 Å². The molecule has 0 fully saturated rings. The van der Waals surface area contributed by atoms with E-state index < -0.39 is 0 Å². The molecule has 0 aliphatic heterocycles. The highest BCUT2D eigenvalue weighted by Crippen LogP contribution is 2.27. The summed E-state index contributed by atoms with van der Waals surface area (Å²) in [5, 5.41) is 0.925. The van der Waals surface area contributed by atoms with Crippen molar-refractivity contribution in [1.29, 1.82) is 0 Å². The quantitative estimate of drug-likeness (QED) is 0.788. The third-order valence-electron chi connectivity index (χ3n) is 2.90. The number of ether oxygens (including phenoxy) is 1. The van der Waals surface area contributed by atoms with Crippen molar-refractivity contribution in [2.45, 2.75) is 13.5 Å². The van der Waals surface area contributed by atoms with Gasteiger partial charge in [0.05, 0.1) is 11.2 Å². The number of nitrogens with zero attached hydrogens (tertiary/aromatic N) is 3. The number of aryl methyl sites for hydroxylation is 1. The monoisotopic (exact) mass is 266 g/mol. The van der Waals surface area contributed by atoms with Gasteiger partial charge >= 0.3 is 6.01 Å². The molecule has 0 spiro atoms. The number of hydrogen-bond donors (Lipinski definition) is 1. The minimum atomic E-state index is 0.307.